The average molecular weight is 282 g/mol. The zero-order valence-electron chi connectivity index (χ0n) is 13.6. The lowest BCUT2D eigenvalue weighted by Gasteiger charge is -2.27. The Balaban J connectivity index is 2.46. The van der Waals surface area contributed by atoms with E-state index in [0.717, 1.165) is 30.4 Å². The topological polar surface area (TPSA) is 20.2 Å². The summed E-state index contributed by atoms with van der Waals surface area (Å²) in [5.74, 6) is 0.469. The maximum absolute atomic E-state index is 10.3. The van der Waals surface area contributed by atoms with Crippen molar-refractivity contribution < 1.29 is 5.11 Å². The zero-order chi connectivity index (χ0) is 15.5. The van der Waals surface area contributed by atoms with Crippen LogP contribution in [-0.2, 0) is 11.8 Å². The molecule has 0 atom stereocenters. The van der Waals surface area contributed by atoms with Gasteiger partial charge < -0.3 is 5.11 Å². The van der Waals surface area contributed by atoms with Crippen LogP contribution in [0, 0.1) is 6.92 Å². The zero-order valence-corrected chi connectivity index (χ0v) is 13.6. The molecule has 2 aromatic rings. The molecule has 0 saturated carbocycles. The molecule has 0 aliphatic carbocycles. The Kier molecular flexibility index (Phi) is 4.72. The third-order valence-electron chi connectivity index (χ3n) is 4.40. The largest absolute Gasteiger partial charge is 0.507 e. The molecule has 2 rings (SSSR count). The molecule has 1 nitrogen and oxygen atoms in total. The summed E-state index contributed by atoms with van der Waals surface area (Å²) in [6.07, 6.45) is 3.20. The first-order chi connectivity index (χ1) is 9.96. The Hall–Kier alpha value is -1.76. The predicted molar refractivity (Wildman–Crippen MR) is 90.0 cm³/mol. The summed E-state index contributed by atoms with van der Waals surface area (Å²) in [6, 6.07) is 14.9. The van der Waals surface area contributed by atoms with Crippen LogP contribution in [-0.4, -0.2) is 5.11 Å². The first-order valence-corrected chi connectivity index (χ1v) is 7.85. The van der Waals surface area contributed by atoms with Gasteiger partial charge in [-0.3, -0.25) is 0 Å². The fourth-order valence-electron chi connectivity index (χ4n) is 2.79. The summed E-state index contributed by atoms with van der Waals surface area (Å²) < 4.78 is 0. The molecule has 21 heavy (non-hydrogen) atoms. The third-order valence-corrected chi connectivity index (χ3v) is 4.40. The van der Waals surface area contributed by atoms with E-state index in [0.29, 0.717) is 5.75 Å². The van der Waals surface area contributed by atoms with Crippen molar-refractivity contribution in [3.8, 4) is 5.75 Å². The van der Waals surface area contributed by atoms with Crippen LogP contribution in [0.2, 0.25) is 0 Å². The molecule has 0 spiro atoms. The molecule has 1 heteroatoms. The van der Waals surface area contributed by atoms with E-state index in [1.54, 1.807) is 0 Å². The molecule has 0 amide bonds. The number of unbranched alkanes of at least 4 members (excludes halogenated alkanes) is 1. The summed E-state index contributed by atoms with van der Waals surface area (Å²) in [7, 11) is 0. The first kappa shape index (κ1) is 15.6. The summed E-state index contributed by atoms with van der Waals surface area (Å²) in [5.41, 5.74) is 4.57. The Morgan fingerprint density at radius 2 is 1.67 bits per heavy atom. The summed E-state index contributed by atoms with van der Waals surface area (Å²) >= 11 is 0. The number of hydrogen-bond acceptors (Lipinski definition) is 1. The molecule has 0 aromatic heterocycles. The summed E-state index contributed by atoms with van der Waals surface area (Å²) in [6.45, 7) is 8.67. The molecule has 2 aromatic carbocycles. The first-order valence-electron chi connectivity index (χ1n) is 7.85. The van der Waals surface area contributed by atoms with Gasteiger partial charge in [-0.1, -0.05) is 69.7 Å². The van der Waals surface area contributed by atoms with Crippen molar-refractivity contribution in [2.45, 2.75) is 52.4 Å². The number of aromatic hydroxyl groups is 1. The fourth-order valence-corrected chi connectivity index (χ4v) is 2.79. The monoisotopic (exact) mass is 282 g/mol. The minimum absolute atomic E-state index is 0.0549. The van der Waals surface area contributed by atoms with Crippen LogP contribution >= 0.6 is 0 Å². The molecule has 0 bridgehead atoms. The number of rotatable bonds is 5. The lowest BCUT2D eigenvalue weighted by atomic mass is 9.77. The van der Waals surface area contributed by atoms with E-state index < -0.39 is 0 Å². The Morgan fingerprint density at radius 1 is 1.00 bits per heavy atom. The van der Waals surface area contributed by atoms with Crippen molar-refractivity contribution in [2.24, 2.45) is 0 Å². The lowest BCUT2D eigenvalue weighted by Crippen LogP contribution is -2.19. The number of hydrogen-bond donors (Lipinski definition) is 1. The van der Waals surface area contributed by atoms with E-state index in [4.69, 9.17) is 0 Å². The van der Waals surface area contributed by atoms with Crippen LogP contribution in [0.25, 0.3) is 0 Å². The molecule has 0 radical (unpaired) electrons. The summed E-state index contributed by atoms with van der Waals surface area (Å²) in [5, 5.41) is 10.3. The van der Waals surface area contributed by atoms with Crippen molar-refractivity contribution in [2.75, 3.05) is 0 Å². The second-order valence-electron chi connectivity index (χ2n) is 6.40. The van der Waals surface area contributed by atoms with Gasteiger partial charge in [-0.15, -0.1) is 0 Å². The highest BCUT2D eigenvalue weighted by Gasteiger charge is 2.24. The van der Waals surface area contributed by atoms with Crippen molar-refractivity contribution in [3.05, 3.63) is 64.7 Å². The highest BCUT2D eigenvalue weighted by molar-refractivity contribution is 5.48. The molecule has 0 heterocycles. The predicted octanol–water partition coefficient (Wildman–Crippen LogP) is 5.37. The minimum atomic E-state index is -0.0549. The SMILES string of the molecule is CCCCc1cc(C(C)(C)c2ccccc2)cc(C)c1O. The van der Waals surface area contributed by atoms with E-state index in [9.17, 15) is 5.11 Å². The van der Waals surface area contributed by atoms with E-state index >= 15 is 0 Å². The van der Waals surface area contributed by atoms with Gasteiger partial charge in [0.2, 0.25) is 0 Å². The standard InChI is InChI=1S/C20H26O/c1-5-6-10-16-14-18(13-15(2)19(16)21)20(3,4)17-11-8-7-9-12-17/h7-9,11-14,21H,5-6,10H2,1-4H3. The average Bonchev–Trinajstić information content (AvgIpc) is 2.49. The molecule has 1 N–H and O–H groups in total. The Morgan fingerprint density at radius 3 is 2.29 bits per heavy atom. The molecule has 0 fully saturated rings. The van der Waals surface area contributed by atoms with Gasteiger partial charge in [-0.2, -0.15) is 0 Å². The molecule has 112 valence electrons. The van der Waals surface area contributed by atoms with Gasteiger partial charge in [0.25, 0.3) is 0 Å². The van der Waals surface area contributed by atoms with Gasteiger partial charge in [0.05, 0.1) is 0 Å². The van der Waals surface area contributed by atoms with Crippen LogP contribution in [0.4, 0.5) is 0 Å². The van der Waals surface area contributed by atoms with Crippen LogP contribution in [0.15, 0.2) is 42.5 Å². The third kappa shape index (κ3) is 3.29. The maximum Gasteiger partial charge on any atom is 0.121 e. The molecule has 0 aliphatic rings. The van der Waals surface area contributed by atoms with Crippen LogP contribution in [0.5, 0.6) is 5.75 Å². The molecule has 0 saturated heterocycles. The number of benzene rings is 2. The van der Waals surface area contributed by atoms with Crippen molar-refractivity contribution in [1.29, 1.82) is 0 Å². The van der Waals surface area contributed by atoms with E-state index in [1.165, 1.54) is 11.1 Å². The van der Waals surface area contributed by atoms with E-state index in [1.807, 2.05) is 13.0 Å². The lowest BCUT2D eigenvalue weighted by molar-refractivity contribution is 0.461. The number of aryl methyl sites for hydroxylation is 2. The quantitative estimate of drug-likeness (QED) is 0.781. The van der Waals surface area contributed by atoms with Gasteiger partial charge in [-0.05, 0) is 42.0 Å². The molecular formula is C20H26O. The summed E-state index contributed by atoms with van der Waals surface area (Å²) in [4.78, 5) is 0. The highest BCUT2D eigenvalue weighted by atomic mass is 16.3. The van der Waals surface area contributed by atoms with Crippen molar-refractivity contribution in [3.63, 3.8) is 0 Å². The fraction of sp³-hybridized carbons (Fsp3) is 0.400. The smallest absolute Gasteiger partial charge is 0.121 e. The van der Waals surface area contributed by atoms with Crippen LogP contribution in [0.1, 0.15) is 55.9 Å². The van der Waals surface area contributed by atoms with Gasteiger partial charge in [0, 0.05) is 5.41 Å². The van der Waals surface area contributed by atoms with Crippen LogP contribution in [0.3, 0.4) is 0 Å². The maximum atomic E-state index is 10.3. The molecular weight excluding hydrogens is 256 g/mol. The van der Waals surface area contributed by atoms with Crippen LogP contribution < -0.4 is 0 Å². The van der Waals surface area contributed by atoms with Gasteiger partial charge in [-0.25, -0.2) is 0 Å². The van der Waals surface area contributed by atoms with E-state index in [-0.39, 0.29) is 5.41 Å². The second-order valence-corrected chi connectivity index (χ2v) is 6.40. The number of phenolic OH excluding ortho intramolecular Hbond substituents is 1. The van der Waals surface area contributed by atoms with Gasteiger partial charge in [0.1, 0.15) is 5.75 Å². The molecule has 0 aliphatic heterocycles. The van der Waals surface area contributed by atoms with Gasteiger partial charge >= 0.3 is 0 Å². The molecule has 0 unspecified atom stereocenters. The second kappa shape index (κ2) is 6.34. The Labute approximate surface area is 128 Å². The van der Waals surface area contributed by atoms with Gasteiger partial charge in [0.15, 0.2) is 0 Å². The highest BCUT2D eigenvalue weighted by Crippen LogP contribution is 2.35. The Bertz CT molecular complexity index is 597. The van der Waals surface area contributed by atoms with Crippen molar-refractivity contribution >= 4 is 0 Å². The number of phenols is 1. The van der Waals surface area contributed by atoms with Crippen molar-refractivity contribution in [1.82, 2.24) is 0 Å². The normalized spacial score (nSPS) is 11.6. The minimum Gasteiger partial charge on any atom is -0.507 e. The van der Waals surface area contributed by atoms with E-state index in [2.05, 4.69) is 57.2 Å².